The molecule has 0 aliphatic heterocycles. The van der Waals surface area contributed by atoms with Crippen molar-refractivity contribution in [3.8, 4) is 5.75 Å². The Morgan fingerprint density at radius 2 is 1.32 bits per heavy atom. The highest BCUT2D eigenvalue weighted by Crippen LogP contribution is 2.30. The topological polar surface area (TPSA) is 46.5 Å². The van der Waals surface area contributed by atoms with E-state index in [9.17, 15) is 4.21 Å². The first-order valence-corrected chi connectivity index (χ1v) is 9.02. The van der Waals surface area contributed by atoms with Crippen LogP contribution in [0.5, 0.6) is 5.75 Å². The molecule has 0 bridgehead atoms. The van der Waals surface area contributed by atoms with Crippen molar-refractivity contribution in [2.24, 2.45) is 0 Å². The normalized spacial score (nSPS) is 12.4. The zero-order valence-electron chi connectivity index (χ0n) is 13.4. The van der Waals surface area contributed by atoms with Gasteiger partial charge in [0.1, 0.15) is 5.75 Å². The molecule has 0 radical (unpaired) electrons. The lowest BCUT2D eigenvalue weighted by Gasteiger charge is -2.11. The largest absolute Gasteiger partial charge is 0.379 e. The Hall–Kier alpha value is -2.69. The van der Waals surface area contributed by atoms with E-state index in [0.717, 1.165) is 22.8 Å². The van der Waals surface area contributed by atoms with Gasteiger partial charge in [0.05, 0.1) is 0 Å². The van der Waals surface area contributed by atoms with Gasteiger partial charge in [-0.1, -0.05) is 72.8 Å². The average molecular weight is 348 g/mol. The Kier molecular flexibility index (Phi) is 4.22. The van der Waals surface area contributed by atoms with Crippen LogP contribution in [-0.4, -0.2) is 8.76 Å². The van der Waals surface area contributed by atoms with Crippen LogP contribution in [0.3, 0.4) is 0 Å². The molecule has 0 spiro atoms. The number of hydrogen-bond donors (Lipinski definition) is 1. The van der Waals surface area contributed by atoms with Gasteiger partial charge in [0.15, 0.2) is 0 Å². The van der Waals surface area contributed by atoms with Crippen molar-refractivity contribution in [3.05, 3.63) is 90.0 Å². The van der Waals surface area contributed by atoms with E-state index in [2.05, 4.69) is 42.5 Å². The van der Waals surface area contributed by atoms with E-state index >= 15 is 0 Å². The summed E-state index contributed by atoms with van der Waals surface area (Å²) in [6.07, 6.45) is 0.782. The molecule has 0 heterocycles. The minimum absolute atomic E-state index is 0.415. The van der Waals surface area contributed by atoms with Crippen LogP contribution in [0.25, 0.3) is 21.5 Å². The predicted octanol–water partition coefficient (Wildman–Crippen LogP) is 5.10. The van der Waals surface area contributed by atoms with Crippen LogP contribution < -0.4 is 4.18 Å². The maximum atomic E-state index is 11.0. The molecule has 0 aromatic heterocycles. The van der Waals surface area contributed by atoms with Gasteiger partial charge in [0.2, 0.25) is 0 Å². The molecule has 25 heavy (non-hydrogen) atoms. The van der Waals surface area contributed by atoms with Crippen LogP contribution in [0.1, 0.15) is 11.1 Å². The molecule has 4 heteroatoms. The molecular weight excluding hydrogens is 332 g/mol. The Bertz CT molecular complexity index is 1080. The maximum absolute atomic E-state index is 11.0. The Morgan fingerprint density at radius 1 is 0.720 bits per heavy atom. The van der Waals surface area contributed by atoms with Gasteiger partial charge in [-0.3, -0.25) is 4.55 Å². The molecule has 1 N–H and O–H groups in total. The fourth-order valence-corrected chi connectivity index (χ4v) is 3.60. The second kappa shape index (κ2) is 6.67. The van der Waals surface area contributed by atoms with Gasteiger partial charge in [-0.05, 0) is 39.8 Å². The van der Waals surface area contributed by atoms with Gasteiger partial charge < -0.3 is 4.18 Å². The van der Waals surface area contributed by atoms with E-state index in [1.54, 1.807) is 6.07 Å². The molecule has 0 aliphatic rings. The van der Waals surface area contributed by atoms with Crippen LogP contribution >= 0.6 is 0 Å². The Morgan fingerprint density at radius 3 is 2.16 bits per heavy atom. The van der Waals surface area contributed by atoms with Crippen molar-refractivity contribution in [1.29, 1.82) is 0 Å². The van der Waals surface area contributed by atoms with Crippen LogP contribution in [0, 0.1) is 0 Å². The van der Waals surface area contributed by atoms with E-state index in [4.69, 9.17) is 8.74 Å². The minimum Gasteiger partial charge on any atom is -0.379 e. The van der Waals surface area contributed by atoms with Crippen molar-refractivity contribution < 1.29 is 12.9 Å². The van der Waals surface area contributed by atoms with Gasteiger partial charge >= 0.3 is 11.4 Å². The molecule has 4 aromatic carbocycles. The third kappa shape index (κ3) is 3.14. The van der Waals surface area contributed by atoms with Gasteiger partial charge in [-0.2, -0.15) is 4.21 Å². The number of hydrogen-bond acceptors (Lipinski definition) is 2. The lowest BCUT2D eigenvalue weighted by molar-refractivity contribution is 0.460. The molecule has 0 saturated carbocycles. The van der Waals surface area contributed by atoms with E-state index < -0.39 is 11.4 Å². The highest BCUT2D eigenvalue weighted by Gasteiger charge is 2.09. The summed E-state index contributed by atoms with van der Waals surface area (Å²) in [5, 5.41) is 4.33. The fraction of sp³-hybridized carbons (Fsp3) is 0.0476. The highest BCUT2D eigenvalue weighted by atomic mass is 32.2. The number of benzene rings is 4. The quantitative estimate of drug-likeness (QED) is 0.522. The maximum Gasteiger partial charge on any atom is 0.357 e. The van der Waals surface area contributed by atoms with Crippen molar-refractivity contribution in [1.82, 2.24) is 0 Å². The molecule has 0 saturated heterocycles. The summed E-state index contributed by atoms with van der Waals surface area (Å²) in [7, 11) is 0. The van der Waals surface area contributed by atoms with Crippen molar-refractivity contribution in [2.75, 3.05) is 0 Å². The molecule has 0 amide bonds. The van der Waals surface area contributed by atoms with Gasteiger partial charge in [-0.15, -0.1) is 0 Å². The van der Waals surface area contributed by atoms with Crippen molar-refractivity contribution in [3.63, 3.8) is 0 Å². The standard InChI is InChI=1S/C21H16O3S/c22-25(23)24-21-13-5-11-19-17(9-4-12-20(19)21)14-16-8-3-7-15-6-1-2-10-18(15)16/h1-13H,14H2,(H,22,23). The molecule has 4 rings (SSSR count). The summed E-state index contributed by atoms with van der Waals surface area (Å²) in [5.74, 6) is 0.415. The first-order chi connectivity index (χ1) is 12.2. The Labute approximate surface area is 148 Å². The smallest absolute Gasteiger partial charge is 0.357 e. The monoisotopic (exact) mass is 348 g/mol. The van der Waals surface area contributed by atoms with Gasteiger partial charge in [0, 0.05) is 5.39 Å². The van der Waals surface area contributed by atoms with E-state index in [-0.39, 0.29) is 0 Å². The highest BCUT2D eigenvalue weighted by molar-refractivity contribution is 7.74. The third-order valence-corrected chi connectivity index (χ3v) is 4.72. The summed E-state index contributed by atoms with van der Waals surface area (Å²) in [4.78, 5) is 0. The Balaban J connectivity index is 1.83. The van der Waals surface area contributed by atoms with E-state index in [1.165, 1.54) is 16.3 Å². The van der Waals surface area contributed by atoms with E-state index in [0.29, 0.717) is 5.75 Å². The molecule has 4 aromatic rings. The molecule has 1 unspecified atom stereocenters. The molecular formula is C21H16O3S. The molecule has 3 nitrogen and oxygen atoms in total. The van der Waals surface area contributed by atoms with Crippen LogP contribution in [0.4, 0.5) is 0 Å². The van der Waals surface area contributed by atoms with Crippen molar-refractivity contribution >= 4 is 32.9 Å². The van der Waals surface area contributed by atoms with E-state index in [1.807, 2.05) is 30.3 Å². The lowest BCUT2D eigenvalue weighted by Crippen LogP contribution is -1.98. The minimum atomic E-state index is -2.34. The zero-order valence-corrected chi connectivity index (χ0v) is 14.2. The van der Waals surface area contributed by atoms with Crippen LogP contribution in [0.15, 0.2) is 78.9 Å². The predicted molar refractivity (Wildman–Crippen MR) is 102 cm³/mol. The van der Waals surface area contributed by atoms with Crippen molar-refractivity contribution in [2.45, 2.75) is 6.42 Å². The number of rotatable bonds is 4. The molecule has 0 aliphatic carbocycles. The second-order valence-electron chi connectivity index (χ2n) is 5.88. The SMILES string of the molecule is O=S(O)Oc1cccc2c(Cc3cccc4ccccc34)cccc12. The molecule has 0 fully saturated rings. The van der Waals surface area contributed by atoms with Gasteiger partial charge in [0.25, 0.3) is 0 Å². The molecule has 1 atom stereocenters. The summed E-state index contributed by atoms with van der Waals surface area (Å²) < 4.78 is 25.1. The fourth-order valence-electron chi connectivity index (χ4n) is 3.30. The second-order valence-corrected chi connectivity index (χ2v) is 6.48. The molecule has 124 valence electrons. The number of fused-ring (bicyclic) bond motifs is 2. The lowest BCUT2D eigenvalue weighted by atomic mass is 9.95. The average Bonchev–Trinajstić information content (AvgIpc) is 2.62. The summed E-state index contributed by atoms with van der Waals surface area (Å²) >= 11 is -2.34. The zero-order chi connectivity index (χ0) is 17.2. The van der Waals surface area contributed by atoms with Crippen LogP contribution in [0.2, 0.25) is 0 Å². The first kappa shape index (κ1) is 15.8. The summed E-state index contributed by atoms with van der Waals surface area (Å²) in [6.45, 7) is 0. The summed E-state index contributed by atoms with van der Waals surface area (Å²) in [5.41, 5.74) is 2.41. The third-order valence-electron chi connectivity index (χ3n) is 4.39. The first-order valence-electron chi connectivity index (χ1n) is 7.99. The van der Waals surface area contributed by atoms with Crippen LogP contribution in [-0.2, 0) is 17.8 Å². The van der Waals surface area contributed by atoms with Gasteiger partial charge in [-0.25, -0.2) is 0 Å². The summed E-state index contributed by atoms with van der Waals surface area (Å²) in [6, 6.07) is 26.2.